The minimum absolute atomic E-state index is 0.0724. The molecule has 1 N–H and O–H groups in total. The molecule has 3 rings (SSSR count). The first-order valence-corrected chi connectivity index (χ1v) is 9.86. The van der Waals surface area contributed by atoms with Crippen LogP contribution in [0.1, 0.15) is 11.1 Å². The van der Waals surface area contributed by atoms with E-state index in [0.29, 0.717) is 19.0 Å². The second-order valence-electron chi connectivity index (χ2n) is 5.77. The summed E-state index contributed by atoms with van der Waals surface area (Å²) in [4.78, 5) is 14.2. The third kappa shape index (κ3) is 4.45. The normalized spacial score (nSPS) is 12.3. The summed E-state index contributed by atoms with van der Waals surface area (Å²) >= 11 is 2.57. The molecule has 1 aliphatic heterocycles. The van der Waals surface area contributed by atoms with Gasteiger partial charge in [-0.3, -0.25) is 4.79 Å². The molecule has 0 bridgehead atoms. The molecule has 0 saturated heterocycles. The van der Waals surface area contributed by atoms with Gasteiger partial charge in [-0.2, -0.15) is 5.26 Å². The number of rotatable bonds is 5. The molecule has 1 amide bonds. The molecule has 0 radical (unpaired) electrons. The molecule has 1 heterocycles. The number of anilines is 1. The van der Waals surface area contributed by atoms with Gasteiger partial charge in [0.2, 0.25) is 5.91 Å². The Morgan fingerprint density at radius 3 is 2.50 bits per heavy atom. The molecule has 0 spiro atoms. The van der Waals surface area contributed by atoms with Gasteiger partial charge in [-0.25, -0.2) is 0 Å². The van der Waals surface area contributed by atoms with Crippen molar-refractivity contribution in [2.24, 2.45) is 0 Å². The molecule has 2 aromatic rings. The molecule has 0 aliphatic carbocycles. The second kappa shape index (κ2) is 8.39. The highest BCUT2D eigenvalue weighted by atomic mass is 32.2. The first kappa shape index (κ1) is 18.5. The highest BCUT2D eigenvalue weighted by molar-refractivity contribution is 8.03. The zero-order valence-electron chi connectivity index (χ0n) is 14.5. The minimum atomic E-state index is -0.0724. The quantitative estimate of drug-likeness (QED) is 0.607. The van der Waals surface area contributed by atoms with Gasteiger partial charge in [-0.05, 0) is 67.1 Å². The Morgan fingerprint density at radius 2 is 1.81 bits per heavy atom. The Hall–Kier alpha value is -2.30. The summed E-state index contributed by atoms with van der Waals surface area (Å²) in [6.07, 6.45) is 0. The molecule has 26 heavy (non-hydrogen) atoms. The number of fused-ring (bicyclic) bond motifs is 1. The number of nitriles is 1. The number of ether oxygens (including phenoxy) is 2. The van der Waals surface area contributed by atoms with E-state index >= 15 is 0 Å². The van der Waals surface area contributed by atoms with Crippen LogP contribution in [0.25, 0.3) is 0 Å². The fraction of sp³-hybridized carbons (Fsp3) is 0.263. The Kier molecular flexibility index (Phi) is 5.96. The SMILES string of the molecule is Cc1cc(SC#N)cc(C)c1NC(=O)CSc1ccc2c(c1)OCCO2. The standard InChI is InChI=1S/C19H18N2O3S2/c1-12-7-15(26-11-20)8-13(2)19(12)21-18(22)10-25-14-3-4-16-17(9-14)24-6-5-23-16/h3-4,7-9H,5-6,10H2,1-2H3,(H,21,22). The molecule has 1 aliphatic rings. The fourth-order valence-electron chi connectivity index (χ4n) is 2.67. The fourth-order valence-corrected chi connectivity index (χ4v) is 3.97. The van der Waals surface area contributed by atoms with Crippen LogP contribution < -0.4 is 14.8 Å². The van der Waals surface area contributed by atoms with Gasteiger partial charge in [-0.1, -0.05) is 0 Å². The third-order valence-electron chi connectivity index (χ3n) is 3.82. The number of amides is 1. The van der Waals surface area contributed by atoms with Gasteiger partial charge < -0.3 is 14.8 Å². The predicted octanol–water partition coefficient (Wildman–Crippen LogP) is 4.38. The lowest BCUT2D eigenvalue weighted by atomic mass is 10.1. The van der Waals surface area contributed by atoms with Crippen molar-refractivity contribution in [3.63, 3.8) is 0 Å². The highest BCUT2D eigenvalue weighted by Crippen LogP contribution is 2.34. The summed E-state index contributed by atoms with van der Waals surface area (Å²) in [5, 5.41) is 13.8. The van der Waals surface area contributed by atoms with Crippen LogP contribution in [0.3, 0.4) is 0 Å². The molecule has 7 heteroatoms. The van der Waals surface area contributed by atoms with E-state index in [1.807, 2.05) is 44.2 Å². The third-order valence-corrected chi connectivity index (χ3v) is 5.37. The average molecular weight is 386 g/mol. The van der Waals surface area contributed by atoms with Crippen molar-refractivity contribution in [2.75, 3.05) is 24.3 Å². The van der Waals surface area contributed by atoms with Crippen molar-refractivity contribution < 1.29 is 14.3 Å². The largest absolute Gasteiger partial charge is 0.486 e. The maximum atomic E-state index is 12.3. The van der Waals surface area contributed by atoms with Crippen LogP contribution >= 0.6 is 23.5 Å². The van der Waals surface area contributed by atoms with E-state index in [1.165, 1.54) is 11.8 Å². The molecular weight excluding hydrogens is 368 g/mol. The first-order chi connectivity index (χ1) is 12.6. The van der Waals surface area contributed by atoms with Crippen LogP contribution in [0.4, 0.5) is 5.69 Å². The summed E-state index contributed by atoms with van der Waals surface area (Å²) in [6, 6.07) is 9.51. The van der Waals surface area contributed by atoms with Gasteiger partial charge in [-0.15, -0.1) is 11.8 Å². The van der Waals surface area contributed by atoms with Crippen molar-refractivity contribution in [3.8, 4) is 16.9 Å². The van der Waals surface area contributed by atoms with E-state index < -0.39 is 0 Å². The van der Waals surface area contributed by atoms with Crippen LogP contribution in [-0.4, -0.2) is 24.9 Å². The first-order valence-electron chi connectivity index (χ1n) is 8.06. The second-order valence-corrected chi connectivity index (χ2v) is 7.67. The molecule has 0 atom stereocenters. The molecule has 0 saturated carbocycles. The zero-order valence-corrected chi connectivity index (χ0v) is 16.1. The van der Waals surface area contributed by atoms with Gasteiger partial charge in [0.05, 0.1) is 5.75 Å². The lowest BCUT2D eigenvalue weighted by Crippen LogP contribution is -2.16. The maximum Gasteiger partial charge on any atom is 0.234 e. The van der Waals surface area contributed by atoms with E-state index in [1.54, 1.807) is 0 Å². The highest BCUT2D eigenvalue weighted by Gasteiger charge is 2.14. The number of hydrogen-bond acceptors (Lipinski definition) is 6. The molecule has 0 aromatic heterocycles. The van der Waals surface area contributed by atoms with Crippen molar-refractivity contribution in [1.29, 1.82) is 5.26 Å². The molecule has 2 aromatic carbocycles. The van der Waals surface area contributed by atoms with Crippen molar-refractivity contribution in [1.82, 2.24) is 0 Å². The van der Waals surface area contributed by atoms with E-state index in [4.69, 9.17) is 14.7 Å². The van der Waals surface area contributed by atoms with Gasteiger partial charge >= 0.3 is 0 Å². The van der Waals surface area contributed by atoms with Crippen LogP contribution in [0, 0.1) is 24.5 Å². The number of carbonyl (C=O) groups excluding carboxylic acids is 1. The molecule has 0 fully saturated rings. The summed E-state index contributed by atoms with van der Waals surface area (Å²) in [7, 11) is 0. The van der Waals surface area contributed by atoms with Crippen molar-refractivity contribution in [2.45, 2.75) is 23.6 Å². The van der Waals surface area contributed by atoms with Gasteiger partial charge in [0, 0.05) is 15.5 Å². The van der Waals surface area contributed by atoms with Crippen LogP contribution in [0.2, 0.25) is 0 Å². The van der Waals surface area contributed by atoms with E-state index in [-0.39, 0.29) is 5.91 Å². The summed E-state index contributed by atoms with van der Waals surface area (Å²) in [6.45, 7) is 4.96. The van der Waals surface area contributed by atoms with Crippen molar-refractivity contribution >= 4 is 35.1 Å². The Morgan fingerprint density at radius 1 is 1.12 bits per heavy atom. The molecule has 0 unspecified atom stereocenters. The summed E-state index contributed by atoms with van der Waals surface area (Å²) < 4.78 is 11.1. The number of carbonyl (C=O) groups is 1. The van der Waals surface area contributed by atoms with Gasteiger partial charge in [0.25, 0.3) is 0 Å². The number of hydrogen-bond donors (Lipinski definition) is 1. The predicted molar refractivity (Wildman–Crippen MR) is 104 cm³/mol. The maximum absolute atomic E-state index is 12.3. The van der Waals surface area contributed by atoms with Crippen LogP contribution in [0.5, 0.6) is 11.5 Å². The number of benzene rings is 2. The van der Waals surface area contributed by atoms with Crippen molar-refractivity contribution in [3.05, 3.63) is 41.5 Å². The van der Waals surface area contributed by atoms with E-state index in [9.17, 15) is 4.79 Å². The molecule has 5 nitrogen and oxygen atoms in total. The summed E-state index contributed by atoms with van der Waals surface area (Å²) in [5.74, 6) is 1.69. The lowest BCUT2D eigenvalue weighted by molar-refractivity contribution is -0.113. The molecule has 134 valence electrons. The Bertz CT molecular complexity index is 855. The topological polar surface area (TPSA) is 71.4 Å². The number of nitrogens with one attached hydrogen (secondary N) is 1. The van der Waals surface area contributed by atoms with Gasteiger partial charge in [0.1, 0.15) is 18.6 Å². The monoisotopic (exact) mass is 386 g/mol. The van der Waals surface area contributed by atoms with E-state index in [0.717, 1.165) is 49.9 Å². The Labute approximate surface area is 161 Å². The smallest absolute Gasteiger partial charge is 0.234 e. The minimum Gasteiger partial charge on any atom is -0.486 e. The Balaban J connectivity index is 1.62. The number of nitrogens with zero attached hydrogens (tertiary/aromatic N) is 1. The number of thiocyanates is 1. The lowest BCUT2D eigenvalue weighted by Gasteiger charge is -2.18. The van der Waals surface area contributed by atoms with Gasteiger partial charge in [0.15, 0.2) is 11.5 Å². The van der Waals surface area contributed by atoms with Crippen LogP contribution in [-0.2, 0) is 4.79 Å². The number of aryl methyl sites for hydroxylation is 2. The molecular formula is C19H18N2O3S2. The average Bonchev–Trinajstić information content (AvgIpc) is 2.63. The summed E-state index contributed by atoms with van der Waals surface area (Å²) in [5.41, 5.74) is 2.70. The zero-order chi connectivity index (χ0) is 18.5. The number of thioether (sulfide) groups is 2. The van der Waals surface area contributed by atoms with E-state index in [2.05, 4.69) is 10.7 Å². The van der Waals surface area contributed by atoms with Crippen LogP contribution in [0.15, 0.2) is 40.1 Å².